The molecular weight excluding hydrogens is 428 g/mol. The number of methoxy groups -OCH3 is 2. The molecule has 4 aromatic rings. The van der Waals surface area contributed by atoms with Crippen molar-refractivity contribution >= 4 is 24.3 Å². The minimum absolute atomic E-state index is 0.153. The van der Waals surface area contributed by atoms with Crippen LogP contribution < -0.4 is 14.5 Å². The molecule has 4 rings (SSSR count). The van der Waals surface area contributed by atoms with Crippen LogP contribution in [0.4, 0.5) is 0 Å². The number of aromatic nitrogens is 2. The van der Waals surface area contributed by atoms with E-state index < -0.39 is 0 Å². The SMILES string of the molecule is COc1ccc(/C=C/c2ccnc(-c3cc(/C=C/c4ccc(OC)cc4O)cc[nH+]3)c2)c(O)c1. The van der Waals surface area contributed by atoms with E-state index in [0.717, 1.165) is 22.5 Å². The van der Waals surface area contributed by atoms with E-state index in [1.165, 1.54) is 0 Å². The van der Waals surface area contributed by atoms with E-state index in [-0.39, 0.29) is 11.5 Å². The lowest BCUT2D eigenvalue weighted by atomic mass is 10.1. The van der Waals surface area contributed by atoms with Gasteiger partial charge in [0.15, 0.2) is 6.20 Å². The highest BCUT2D eigenvalue weighted by Crippen LogP contribution is 2.27. The van der Waals surface area contributed by atoms with Gasteiger partial charge in [-0.05, 0) is 47.5 Å². The number of hydrogen-bond acceptors (Lipinski definition) is 5. The summed E-state index contributed by atoms with van der Waals surface area (Å²) in [5.74, 6) is 1.52. The molecule has 0 saturated heterocycles. The molecule has 34 heavy (non-hydrogen) atoms. The third-order valence-corrected chi connectivity index (χ3v) is 5.27. The molecule has 0 radical (unpaired) electrons. The molecule has 0 amide bonds. The third-order valence-electron chi connectivity index (χ3n) is 5.27. The Hall–Kier alpha value is -4.58. The molecule has 0 aliphatic carbocycles. The Labute approximate surface area is 198 Å². The second-order valence-corrected chi connectivity index (χ2v) is 7.53. The lowest BCUT2D eigenvalue weighted by Gasteiger charge is -2.03. The highest BCUT2D eigenvalue weighted by Gasteiger charge is 2.08. The van der Waals surface area contributed by atoms with Crippen molar-refractivity contribution in [2.75, 3.05) is 14.2 Å². The number of H-pyrrole nitrogens is 1. The summed E-state index contributed by atoms with van der Waals surface area (Å²) in [6.07, 6.45) is 11.1. The van der Waals surface area contributed by atoms with Crippen molar-refractivity contribution in [2.45, 2.75) is 0 Å². The lowest BCUT2D eigenvalue weighted by molar-refractivity contribution is -0.364. The summed E-state index contributed by atoms with van der Waals surface area (Å²) in [5, 5.41) is 20.3. The zero-order valence-electron chi connectivity index (χ0n) is 18.9. The summed E-state index contributed by atoms with van der Waals surface area (Å²) in [6.45, 7) is 0. The van der Waals surface area contributed by atoms with E-state index >= 15 is 0 Å². The number of phenols is 2. The minimum Gasteiger partial charge on any atom is -0.507 e. The fourth-order valence-electron chi connectivity index (χ4n) is 3.39. The minimum atomic E-state index is 0.153. The normalized spacial score (nSPS) is 11.2. The molecule has 6 nitrogen and oxygen atoms in total. The van der Waals surface area contributed by atoms with Gasteiger partial charge in [-0.1, -0.05) is 24.3 Å². The molecule has 0 bridgehead atoms. The first-order valence-corrected chi connectivity index (χ1v) is 10.6. The van der Waals surface area contributed by atoms with Crippen molar-refractivity contribution in [3.8, 4) is 34.4 Å². The highest BCUT2D eigenvalue weighted by molar-refractivity contribution is 5.76. The molecule has 170 valence electrons. The maximum absolute atomic E-state index is 10.2. The smallest absolute Gasteiger partial charge is 0.230 e. The number of aromatic hydroxyl groups is 2. The summed E-state index contributed by atoms with van der Waals surface area (Å²) in [7, 11) is 3.13. The average Bonchev–Trinajstić information content (AvgIpc) is 2.87. The van der Waals surface area contributed by atoms with Crippen LogP contribution in [-0.2, 0) is 0 Å². The number of benzene rings is 2. The van der Waals surface area contributed by atoms with Crippen molar-refractivity contribution in [1.82, 2.24) is 4.98 Å². The number of nitrogens with one attached hydrogen (secondary N) is 1. The van der Waals surface area contributed by atoms with Crippen molar-refractivity contribution in [1.29, 1.82) is 0 Å². The van der Waals surface area contributed by atoms with Crippen LogP contribution in [0.3, 0.4) is 0 Å². The molecule has 0 aliphatic rings. The Kier molecular flexibility index (Phi) is 6.89. The summed E-state index contributed by atoms with van der Waals surface area (Å²) < 4.78 is 10.3. The summed E-state index contributed by atoms with van der Waals surface area (Å²) in [6, 6.07) is 18.2. The van der Waals surface area contributed by atoms with Crippen LogP contribution in [-0.4, -0.2) is 29.4 Å². The Morgan fingerprint density at radius 2 is 1.29 bits per heavy atom. The van der Waals surface area contributed by atoms with Crippen molar-refractivity contribution in [3.05, 3.63) is 95.3 Å². The summed E-state index contributed by atoms with van der Waals surface area (Å²) in [5.41, 5.74) is 4.92. The van der Waals surface area contributed by atoms with E-state index in [9.17, 15) is 10.2 Å². The Bertz CT molecular complexity index is 1260. The van der Waals surface area contributed by atoms with Crippen LogP contribution in [0.5, 0.6) is 23.0 Å². The van der Waals surface area contributed by atoms with Crippen LogP contribution in [0.25, 0.3) is 35.7 Å². The summed E-state index contributed by atoms with van der Waals surface area (Å²) in [4.78, 5) is 7.72. The molecule has 0 atom stereocenters. The molecule has 6 heteroatoms. The van der Waals surface area contributed by atoms with Gasteiger partial charge in [-0.15, -0.1) is 0 Å². The van der Waals surface area contributed by atoms with Crippen LogP contribution >= 0.6 is 0 Å². The van der Waals surface area contributed by atoms with E-state index in [4.69, 9.17) is 9.47 Å². The van der Waals surface area contributed by atoms with Gasteiger partial charge in [0.25, 0.3) is 0 Å². The lowest BCUT2D eigenvalue weighted by Crippen LogP contribution is -2.06. The first kappa shape index (κ1) is 22.6. The third kappa shape index (κ3) is 5.42. The van der Waals surface area contributed by atoms with E-state index in [1.54, 1.807) is 56.8 Å². The largest absolute Gasteiger partial charge is 0.507 e. The second kappa shape index (κ2) is 10.4. The molecule has 2 aromatic carbocycles. The first-order chi connectivity index (χ1) is 16.6. The van der Waals surface area contributed by atoms with Gasteiger partial charge < -0.3 is 19.7 Å². The molecule has 2 aromatic heterocycles. The number of hydrogen-bond donors (Lipinski definition) is 2. The van der Waals surface area contributed by atoms with Gasteiger partial charge in [0, 0.05) is 41.6 Å². The number of phenolic OH excluding ortho intramolecular Hbond substituents is 2. The zero-order chi connectivity index (χ0) is 23.9. The van der Waals surface area contributed by atoms with Crippen molar-refractivity contribution in [2.24, 2.45) is 0 Å². The fraction of sp³-hybridized carbons (Fsp3) is 0.0714. The topological polar surface area (TPSA) is 86.0 Å². The first-order valence-electron chi connectivity index (χ1n) is 10.6. The fourth-order valence-corrected chi connectivity index (χ4v) is 3.39. The predicted molar refractivity (Wildman–Crippen MR) is 133 cm³/mol. The quantitative estimate of drug-likeness (QED) is 0.395. The number of pyridine rings is 2. The monoisotopic (exact) mass is 453 g/mol. The number of ether oxygens (including phenoxy) is 2. The molecule has 0 aliphatic heterocycles. The Morgan fingerprint density at radius 3 is 1.85 bits per heavy atom. The molecule has 2 heterocycles. The standard InChI is InChI=1S/C28H24N2O4/c1-33-23-9-7-21(27(31)17-23)5-3-19-11-13-29-25(15-19)26-16-20(12-14-30-26)4-6-22-8-10-24(34-2)18-28(22)32/h3-18,31-32H,1-2H3/p+1/b5-3+,6-4+. The van der Waals surface area contributed by atoms with Crippen molar-refractivity contribution < 1.29 is 24.7 Å². The van der Waals surface area contributed by atoms with Crippen LogP contribution in [0.15, 0.2) is 73.1 Å². The number of nitrogens with zero attached hydrogens (tertiary/aromatic N) is 1. The van der Waals surface area contributed by atoms with Gasteiger partial charge in [-0.25, -0.2) is 9.97 Å². The summed E-state index contributed by atoms with van der Waals surface area (Å²) >= 11 is 0. The Balaban J connectivity index is 1.54. The van der Waals surface area contributed by atoms with Crippen LogP contribution in [0.1, 0.15) is 22.3 Å². The van der Waals surface area contributed by atoms with Gasteiger partial charge in [-0.2, -0.15) is 0 Å². The predicted octanol–water partition coefficient (Wildman–Crippen LogP) is 5.33. The van der Waals surface area contributed by atoms with E-state index in [2.05, 4.69) is 9.97 Å². The molecule has 3 N–H and O–H groups in total. The second-order valence-electron chi connectivity index (χ2n) is 7.53. The van der Waals surface area contributed by atoms with Gasteiger partial charge >= 0.3 is 0 Å². The van der Waals surface area contributed by atoms with E-state index in [1.807, 2.05) is 54.8 Å². The number of rotatable bonds is 7. The molecule has 0 saturated carbocycles. The maximum atomic E-state index is 10.2. The molecule has 0 fully saturated rings. The Morgan fingerprint density at radius 1 is 0.706 bits per heavy atom. The van der Waals surface area contributed by atoms with Gasteiger partial charge in [0.2, 0.25) is 5.69 Å². The molecule has 0 unspecified atom stereocenters. The van der Waals surface area contributed by atoms with Crippen LogP contribution in [0.2, 0.25) is 0 Å². The van der Waals surface area contributed by atoms with E-state index in [0.29, 0.717) is 22.6 Å². The zero-order valence-corrected chi connectivity index (χ0v) is 18.9. The molecule has 0 spiro atoms. The van der Waals surface area contributed by atoms with Gasteiger partial charge in [0.1, 0.15) is 28.7 Å². The van der Waals surface area contributed by atoms with Gasteiger partial charge in [-0.3, -0.25) is 0 Å². The highest BCUT2D eigenvalue weighted by atomic mass is 16.5. The van der Waals surface area contributed by atoms with Crippen molar-refractivity contribution in [3.63, 3.8) is 0 Å². The maximum Gasteiger partial charge on any atom is 0.230 e. The van der Waals surface area contributed by atoms with Gasteiger partial charge in [0.05, 0.1) is 14.2 Å². The van der Waals surface area contributed by atoms with Crippen LogP contribution in [0, 0.1) is 0 Å². The average molecular weight is 454 g/mol. The number of aromatic amines is 1. The molecular formula is C28H25N2O4+.